The molecule has 0 bridgehead atoms. The molecular formula is C15H14BrN3O3S. The zero-order valence-electron chi connectivity index (χ0n) is 12.2. The Morgan fingerprint density at radius 2 is 2.00 bits per heavy atom. The smallest absolute Gasteiger partial charge is 0.298 e. The van der Waals surface area contributed by atoms with E-state index in [0.717, 1.165) is 10.0 Å². The number of benzene rings is 1. The number of rotatable bonds is 6. The van der Waals surface area contributed by atoms with Gasteiger partial charge < -0.3 is 5.32 Å². The van der Waals surface area contributed by atoms with Crippen LogP contribution in [0.1, 0.15) is 5.56 Å². The number of aryl methyl sites for hydroxylation is 1. The number of halogens is 1. The minimum Gasteiger partial charge on any atom is -0.366 e. The largest absolute Gasteiger partial charge is 0.366 e. The van der Waals surface area contributed by atoms with Crippen LogP contribution in [-0.2, 0) is 14.3 Å². The fourth-order valence-electron chi connectivity index (χ4n) is 1.69. The Balaban J connectivity index is 2.02. The summed E-state index contributed by atoms with van der Waals surface area (Å²) in [6.07, 6.45) is 0.430. The van der Waals surface area contributed by atoms with E-state index >= 15 is 0 Å². The molecule has 2 rings (SSSR count). The van der Waals surface area contributed by atoms with Gasteiger partial charge in [0.1, 0.15) is 5.82 Å². The van der Waals surface area contributed by atoms with Crippen LogP contribution in [0.15, 0.2) is 52.0 Å². The molecule has 0 saturated heterocycles. The number of hydrogen-bond donors (Lipinski definition) is 1. The van der Waals surface area contributed by atoms with Gasteiger partial charge in [0, 0.05) is 10.7 Å². The lowest BCUT2D eigenvalue weighted by Gasteiger charge is -2.12. The van der Waals surface area contributed by atoms with Crippen LogP contribution in [0.4, 0.5) is 5.82 Å². The summed E-state index contributed by atoms with van der Waals surface area (Å²) in [6, 6.07) is 11.5. The van der Waals surface area contributed by atoms with Crippen LogP contribution in [0, 0.1) is 18.3 Å². The lowest BCUT2D eigenvalue weighted by molar-refractivity contribution is 0.273. The van der Waals surface area contributed by atoms with Crippen LogP contribution in [0.2, 0.25) is 0 Å². The first-order valence-electron chi connectivity index (χ1n) is 6.66. The second-order valence-electron chi connectivity index (χ2n) is 4.72. The SMILES string of the molecule is Cc1ccc(S(=O)(=O)OC(C#N)CNc2ccc(Br)cn2)cc1. The van der Waals surface area contributed by atoms with Gasteiger partial charge in [-0.05, 0) is 47.1 Å². The number of pyridine rings is 1. The lowest BCUT2D eigenvalue weighted by Crippen LogP contribution is -2.25. The number of nitrogens with one attached hydrogen (secondary N) is 1. The predicted molar refractivity (Wildman–Crippen MR) is 89.3 cm³/mol. The van der Waals surface area contributed by atoms with Crippen molar-refractivity contribution in [3.63, 3.8) is 0 Å². The molecule has 2 aromatic rings. The van der Waals surface area contributed by atoms with Crippen molar-refractivity contribution in [1.82, 2.24) is 4.98 Å². The van der Waals surface area contributed by atoms with E-state index < -0.39 is 16.2 Å². The molecule has 8 heteroatoms. The molecule has 0 saturated carbocycles. The second kappa shape index (κ2) is 7.55. The van der Waals surface area contributed by atoms with Crippen LogP contribution >= 0.6 is 15.9 Å². The molecule has 120 valence electrons. The van der Waals surface area contributed by atoms with E-state index in [4.69, 9.17) is 9.44 Å². The molecule has 23 heavy (non-hydrogen) atoms. The van der Waals surface area contributed by atoms with E-state index in [1.807, 2.05) is 13.0 Å². The van der Waals surface area contributed by atoms with E-state index in [1.165, 1.54) is 12.1 Å². The average Bonchev–Trinajstić information content (AvgIpc) is 2.53. The molecular weight excluding hydrogens is 382 g/mol. The maximum Gasteiger partial charge on any atom is 0.298 e. The summed E-state index contributed by atoms with van der Waals surface area (Å²) in [5.41, 5.74) is 0.934. The minimum absolute atomic E-state index is 0.00375. The summed E-state index contributed by atoms with van der Waals surface area (Å²) in [5.74, 6) is 0.518. The third-order valence-corrected chi connectivity index (χ3v) is 4.70. The van der Waals surface area contributed by atoms with E-state index in [-0.39, 0.29) is 11.4 Å². The Morgan fingerprint density at radius 3 is 2.57 bits per heavy atom. The Kier molecular flexibility index (Phi) is 5.71. The number of hydrogen-bond acceptors (Lipinski definition) is 6. The van der Waals surface area contributed by atoms with Gasteiger partial charge in [0.2, 0.25) is 0 Å². The van der Waals surface area contributed by atoms with Gasteiger partial charge in [0.05, 0.1) is 17.5 Å². The minimum atomic E-state index is -3.99. The summed E-state index contributed by atoms with van der Waals surface area (Å²) >= 11 is 3.26. The molecule has 0 aliphatic carbocycles. The zero-order valence-corrected chi connectivity index (χ0v) is 14.6. The Hall–Kier alpha value is -1.95. The molecule has 0 radical (unpaired) electrons. The van der Waals surface area contributed by atoms with Gasteiger partial charge in [-0.25, -0.2) is 9.17 Å². The molecule has 0 spiro atoms. The summed E-state index contributed by atoms with van der Waals surface area (Å²) < 4.78 is 30.1. The Morgan fingerprint density at radius 1 is 1.30 bits per heavy atom. The summed E-state index contributed by atoms with van der Waals surface area (Å²) in [4.78, 5) is 4.10. The third-order valence-electron chi connectivity index (χ3n) is 2.89. The summed E-state index contributed by atoms with van der Waals surface area (Å²) in [6.45, 7) is 1.85. The van der Waals surface area contributed by atoms with Crippen molar-refractivity contribution >= 4 is 31.9 Å². The maximum absolute atomic E-state index is 12.1. The molecule has 0 fully saturated rings. The number of nitriles is 1. The van der Waals surface area contributed by atoms with Gasteiger partial charge in [0.15, 0.2) is 6.10 Å². The second-order valence-corrected chi connectivity index (χ2v) is 7.21. The first-order valence-corrected chi connectivity index (χ1v) is 8.86. The summed E-state index contributed by atoms with van der Waals surface area (Å²) in [5, 5.41) is 12.0. The van der Waals surface area contributed by atoms with Gasteiger partial charge in [-0.2, -0.15) is 13.7 Å². The molecule has 6 nitrogen and oxygen atoms in total. The van der Waals surface area contributed by atoms with E-state index in [9.17, 15) is 8.42 Å². The standard InChI is InChI=1S/C15H14BrN3O3S/c1-11-2-5-14(6-3-11)23(20,21)22-13(8-17)10-19-15-7-4-12(16)9-18-15/h2-7,9,13H,10H2,1H3,(H,18,19). The fourth-order valence-corrected chi connectivity index (χ4v) is 2.92. The highest BCUT2D eigenvalue weighted by Gasteiger charge is 2.21. The van der Waals surface area contributed by atoms with Crippen molar-refractivity contribution in [1.29, 1.82) is 5.26 Å². The molecule has 1 aromatic heterocycles. The fraction of sp³-hybridized carbons (Fsp3) is 0.200. The lowest BCUT2D eigenvalue weighted by atomic mass is 10.2. The van der Waals surface area contributed by atoms with Gasteiger partial charge >= 0.3 is 0 Å². The monoisotopic (exact) mass is 395 g/mol. The highest BCUT2D eigenvalue weighted by Crippen LogP contribution is 2.16. The van der Waals surface area contributed by atoms with Gasteiger partial charge in [-0.1, -0.05) is 17.7 Å². The van der Waals surface area contributed by atoms with E-state index in [1.54, 1.807) is 30.5 Å². The normalized spacial score (nSPS) is 12.4. The third kappa shape index (κ3) is 5.03. The van der Waals surface area contributed by atoms with E-state index in [0.29, 0.717) is 5.82 Å². The molecule has 0 amide bonds. The van der Waals surface area contributed by atoms with Gasteiger partial charge in [-0.3, -0.25) is 0 Å². The molecule has 1 atom stereocenters. The molecule has 1 aromatic carbocycles. The van der Waals surface area contributed by atoms with Crippen LogP contribution < -0.4 is 5.32 Å². The van der Waals surface area contributed by atoms with Crippen molar-refractivity contribution < 1.29 is 12.6 Å². The number of anilines is 1. The van der Waals surface area contributed by atoms with E-state index in [2.05, 4.69) is 26.2 Å². The number of nitrogens with zero attached hydrogens (tertiary/aromatic N) is 2. The van der Waals surface area contributed by atoms with Crippen LogP contribution in [0.3, 0.4) is 0 Å². The van der Waals surface area contributed by atoms with Crippen molar-refractivity contribution in [2.45, 2.75) is 17.9 Å². The molecule has 1 unspecified atom stereocenters. The van der Waals surface area contributed by atoms with Crippen molar-refractivity contribution in [2.75, 3.05) is 11.9 Å². The summed E-state index contributed by atoms with van der Waals surface area (Å²) in [7, 11) is -3.99. The van der Waals surface area contributed by atoms with Crippen LogP contribution in [0.25, 0.3) is 0 Å². The number of aromatic nitrogens is 1. The maximum atomic E-state index is 12.1. The van der Waals surface area contributed by atoms with Gasteiger partial charge in [-0.15, -0.1) is 0 Å². The van der Waals surface area contributed by atoms with Crippen molar-refractivity contribution in [3.8, 4) is 6.07 Å². The molecule has 1 heterocycles. The predicted octanol–water partition coefficient (Wildman–Crippen LogP) is 2.86. The van der Waals surface area contributed by atoms with Crippen LogP contribution in [0.5, 0.6) is 0 Å². The Bertz CT molecular complexity index is 799. The zero-order chi connectivity index (χ0) is 16.9. The highest BCUT2D eigenvalue weighted by molar-refractivity contribution is 9.10. The van der Waals surface area contributed by atoms with Crippen molar-refractivity contribution in [2.24, 2.45) is 0 Å². The van der Waals surface area contributed by atoms with Gasteiger partial charge in [0.25, 0.3) is 10.1 Å². The average molecular weight is 396 g/mol. The molecule has 0 aliphatic heterocycles. The Labute approximate surface area is 143 Å². The first kappa shape index (κ1) is 17.4. The first-order chi connectivity index (χ1) is 10.9. The topological polar surface area (TPSA) is 92.1 Å². The molecule has 0 aliphatic rings. The van der Waals surface area contributed by atoms with Crippen LogP contribution in [-0.4, -0.2) is 26.1 Å². The molecule has 1 N–H and O–H groups in total. The van der Waals surface area contributed by atoms with Crippen molar-refractivity contribution in [3.05, 3.63) is 52.6 Å². The quantitative estimate of drug-likeness (QED) is 0.755. The highest BCUT2D eigenvalue weighted by atomic mass is 79.9.